The Labute approximate surface area is 143 Å². The number of hydrogen-bond acceptors (Lipinski definition) is 4. The molecular weight excluding hydrogens is 306 g/mol. The maximum absolute atomic E-state index is 10.1. The van der Waals surface area contributed by atoms with Crippen molar-refractivity contribution in [2.75, 3.05) is 12.4 Å². The van der Waals surface area contributed by atoms with E-state index in [1.165, 1.54) is 22.9 Å². The van der Waals surface area contributed by atoms with Gasteiger partial charge in [0.15, 0.2) is 0 Å². The van der Waals surface area contributed by atoms with Crippen LogP contribution in [0.5, 0.6) is 5.75 Å². The summed E-state index contributed by atoms with van der Waals surface area (Å²) < 4.78 is 5.89. The number of aryl methyl sites for hydroxylation is 1. The van der Waals surface area contributed by atoms with E-state index in [4.69, 9.17) is 4.74 Å². The molecule has 0 fully saturated rings. The maximum Gasteiger partial charge on any atom is 0.123 e. The van der Waals surface area contributed by atoms with Crippen molar-refractivity contribution in [2.45, 2.75) is 44.2 Å². The monoisotopic (exact) mass is 331 g/mol. The summed E-state index contributed by atoms with van der Waals surface area (Å²) in [7, 11) is 0. The van der Waals surface area contributed by atoms with Crippen LogP contribution in [-0.2, 0) is 5.41 Å². The fraction of sp³-hybridized carbons (Fsp3) is 0.421. The van der Waals surface area contributed by atoms with Gasteiger partial charge in [-0.1, -0.05) is 44.5 Å². The van der Waals surface area contributed by atoms with Crippen molar-refractivity contribution in [1.29, 1.82) is 0 Å². The molecule has 124 valence electrons. The summed E-state index contributed by atoms with van der Waals surface area (Å²) in [5.41, 5.74) is 2.39. The number of rotatable bonds is 6. The van der Waals surface area contributed by atoms with Crippen LogP contribution in [0, 0.1) is 6.92 Å². The summed E-state index contributed by atoms with van der Waals surface area (Å²) in [4.78, 5) is 4.24. The van der Waals surface area contributed by atoms with Crippen molar-refractivity contribution >= 4 is 11.8 Å². The second kappa shape index (κ2) is 7.84. The zero-order valence-corrected chi connectivity index (χ0v) is 15.1. The Morgan fingerprint density at radius 2 is 2.00 bits per heavy atom. The molecule has 0 saturated carbocycles. The molecule has 0 aliphatic heterocycles. The quantitative estimate of drug-likeness (QED) is 0.805. The minimum absolute atomic E-state index is 0.00894. The van der Waals surface area contributed by atoms with Gasteiger partial charge in [0.1, 0.15) is 12.4 Å². The van der Waals surface area contributed by atoms with Gasteiger partial charge in [0.2, 0.25) is 0 Å². The molecule has 0 bridgehead atoms. The lowest BCUT2D eigenvalue weighted by molar-refractivity contribution is 0.125. The van der Waals surface area contributed by atoms with E-state index in [2.05, 4.69) is 38.7 Å². The lowest BCUT2D eigenvalue weighted by atomic mass is 9.85. The molecule has 1 heterocycles. The van der Waals surface area contributed by atoms with Gasteiger partial charge in [-0.2, -0.15) is 0 Å². The van der Waals surface area contributed by atoms with E-state index in [-0.39, 0.29) is 12.0 Å². The van der Waals surface area contributed by atoms with Gasteiger partial charge in [0, 0.05) is 11.9 Å². The topological polar surface area (TPSA) is 42.4 Å². The number of nitrogens with zero attached hydrogens (tertiary/aromatic N) is 1. The van der Waals surface area contributed by atoms with Crippen molar-refractivity contribution < 1.29 is 9.84 Å². The maximum atomic E-state index is 10.1. The molecule has 0 unspecified atom stereocenters. The zero-order chi connectivity index (χ0) is 16.9. The van der Waals surface area contributed by atoms with Gasteiger partial charge in [0.25, 0.3) is 0 Å². The fourth-order valence-corrected chi connectivity index (χ4v) is 2.97. The van der Waals surface area contributed by atoms with Crippen LogP contribution in [0.1, 0.15) is 31.9 Å². The standard InChI is InChI=1S/C19H25NO2S/c1-14-8-9-17(16(11-14)19(2,3)4)22-12-15(21)13-23-18-7-5-6-10-20-18/h5-11,15,21H,12-13H2,1-4H3/t15-/m0/s1. The van der Waals surface area contributed by atoms with Gasteiger partial charge >= 0.3 is 0 Å². The van der Waals surface area contributed by atoms with Gasteiger partial charge in [0.05, 0.1) is 11.1 Å². The fourth-order valence-electron chi connectivity index (χ4n) is 2.20. The van der Waals surface area contributed by atoms with Crippen LogP contribution in [0.3, 0.4) is 0 Å². The Hall–Kier alpha value is -1.52. The largest absolute Gasteiger partial charge is 0.491 e. The summed E-state index contributed by atoms with van der Waals surface area (Å²) >= 11 is 1.53. The van der Waals surface area contributed by atoms with E-state index in [0.717, 1.165) is 10.8 Å². The second-order valence-electron chi connectivity index (χ2n) is 6.69. The highest BCUT2D eigenvalue weighted by Crippen LogP contribution is 2.32. The zero-order valence-electron chi connectivity index (χ0n) is 14.2. The Morgan fingerprint density at radius 3 is 2.65 bits per heavy atom. The highest BCUT2D eigenvalue weighted by Gasteiger charge is 2.19. The van der Waals surface area contributed by atoms with Gasteiger partial charge < -0.3 is 9.84 Å². The third-order valence-corrected chi connectivity index (χ3v) is 4.52. The molecule has 3 nitrogen and oxygen atoms in total. The third kappa shape index (κ3) is 5.56. The lowest BCUT2D eigenvalue weighted by Gasteiger charge is -2.24. The minimum atomic E-state index is -0.531. The van der Waals surface area contributed by atoms with Crippen molar-refractivity contribution in [2.24, 2.45) is 0 Å². The Kier molecular flexibility index (Phi) is 6.08. The molecular formula is C19H25NO2S. The minimum Gasteiger partial charge on any atom is -0.491 e. The van der Waals surface area contributed by atoms with E-state index in [1.54, 1.807) is 6.20 Å². The van der Waals surface area contributed by atoms with Crippen LogP contribution in [0.4, 0.5) is 0 Å². The molecule has 0 aliphatic rings. The smallest absolute Gasteiger partial charge is 0.123 e. The van der Waals surface area contributed by atoms with E-state index in [0.29, 0.717) is 5.75 Å². The predicted molar refractivity (Wildman–Crippen MR) is 96.3 cm³/mol. The summed E-state index contributed by atoms with van der Waals surface area (Å²) in [6, 6.07) is 12.0. The molecule has 1 atom stereocenters. The molecule has 2 rings (SSSR count). The SMILES string of the molecule is Cc1ccc(OC[C@H](O)CSc2ccccn2)c(C(C)(C)C)c1. The molecule has 23 heavy (non-hydrogen) atoms. The molecule has 0 spiro atoms. The number of aliphatic hydroxyl groups is 1. The molecule has 0 saturated heterocycles. The highest BCUT2D eigenvalue weighted by atomic mass is 32.2. The van der Waals surface area contributed by atoms with Crippen molar-refractivity contribution in [3.05, 3.63) is 53.7 Å². The molecule has 4 heteroatoms. The van der Waals surface area contributed by atoms with E-state index >= 15 is 0 Å². The number of hydrogen-bond donors (Lipinski definition) is 1. The first-order chi connectivity index (χ1) is 10.9. The molecule has 1 aromatic carbocycles. The van der Waals surface area contributed by atoms with Gasteiger partial charge in [-0.3, -0.25) is 0 Å². The van der Waals surface area contributed by atoms with Crippen LogP contribution < -0.4 is 4.74 Å². The Bertz CT molecular complexity index is 623. The lowest BCUT2D eigenvalue weighted by Crippen LogP contribution is -2.22. The summed E-state index contributed by atoms with van der Waals surface area (Å²) in [5.74, 6) is 1.42. The molecule has 1 N–H and O–H groups in total. The molecule has 2 aromatic rings. The van der Waals surface area contributed by atoms with Gasteiger partial charge in [-0.25, -0.2) is 4.98 Å². The molecule has 1 aromatic heterocycles. The number of benzene rings is 1. The molecule has 0 amide bonds. The number of thioether (sulfide) groups is 1. The van der Waals surface area contributed by atoms with Crippen LogP contribution in [-0.4, -0.2) is 28.6 Å². The normalized spacial score (nSPS) is 12.9. The van der Waals surface area contributed by atoms with Gasteiger partial charge in [-0.05, 0) is 36.1 Å². The van der Waals surface area contributed by atoms with Crippen LogP contribution in [0.25, 0.3) is 0 Å². The van der Waals surface area contributed by atoms with E-state index in [9.17, 15) is 5.11 Å². The summed E-state index contributed by atoms with van der Waals surface area (Å²) in [5, 5.41) is 11.1. The second-order valence-corrected chi connectivity index (χ2v) is 7.73. The van der Waals surface area contributed by atoms with Crippen LogP contribution in [0.2, 0.25) is 0 Å². The number of pyridine rings is 1. The van der Waals surface area contributed by atoms with E-state index < -0.39 is 6.10 Å². The predicted octanol–water partition coefficient (Wildman–Crippen LogP) is 4.22. The number of aromatic nitrogens is 1. The number of ether oxygens (including phenoxy) is 1. The summed E-state index contributed by atoms with van der Waals surface area (Å²) in [6.45, 7) is 8.87. The third-order valence-electron chi connectivity index (χ3n) is 3.44. The molecule has 0 radical (unpaired) electrons. The van der Waals surface area contributed by atoms with Gasteiger partial charge in [-0.15, -0.1) is 11.8 Å². The molecule has 0 aliphatic carbocycles. The Balaban J connectivity index is 1.93. The van der Waals surface area contributed by atoms with E-state index in [1.807, 2.05) is 30.3 Å². The number of aliphatic hydroxyl groups excluding tert-OH is 1. The first-order valence-electron chi connectivity index (χ1n) is 7.82. The Morgan fingerprint density at radius 1 is 1.22 bits per heavy atom. The van der Waals surface area contributed by atoms with Crippen molar-refractivity contribution in [3.63, 3.8) is 0 Å². The van der Waals surface area contributed by atoms with Crippen LogP contribution >= 0.6 is 11.8 Å². The first-order valence-corrected chi connectivity index (χ1v) is 8.80. The van der Waals surface area contributed by atoms with Crippen molar-refractivity contribution in [3.8, 4) is 5.75 Å². The summed E-state index contributed by atoms with van der Waals surface area (Å²) in [6.07, 6.45) is 1.23. The average Bonchev–Trinajstić information content (AvgIpc) is 2.52. The average molecular weight is 331 g/mol. The first kappa shape index (κ1) is 17.8. The van der Waals surface area contributed by atoms with Crippen molar-refractivity contribution in [1.82, 2.24) is 4.98 Å². The highest BCUT2D eigenvalue weighted by molar-refractivity contribution is 7.99. The van der Waals surface area contributed by atoms with Crippen LogP contribution in [0.15, 0.2) is 47.6 Å².